The Hall–Kier alpha value is -2.31. The lowest BCUT2D eigenvalue weighted by Gasteiger charge is -2.24. The maximum absolute atomic E-state index is 12.0. The van der Waals surface area contributed by atoms with Gasteiger partial charge in [0.2, 0.25) is 0 Å². The molecule has 2 unspecified atom stereocenters. The molecule has 2 heterocycles. The van der Waals surface area contributed by atoms with E-state index in [-0.39, 0.29) is 10.9 Å². The van der Waals surface area contributed by atoms with E-state index in [4.69, 9.17) is 20.9 Å². The molecule has 0 amide bonds. The summed E-state index contributed by atoms with van der Waals surface area (Å²) in [7, 11) is 1.16. The van der Waals surface area contributed by atoms with Gasteiger partial charge in [-0.15, -0.1) is 0 Å². The highest BCUT2D eigenvalue weighted by Gasteiger charge is 2.56. The van der Waals surface area contributed by atoms with Gasteiger partial charge in [-0.2, -0.15) is 0 Å². The molecule has 1 aliphatic rings. The SMILES string of the molecule is COC(=O)C1(O)ON=C(c2ccc(Cl)o2)C1c1ccccc1. The number of nitrogens with zero attached hydrogens (tertiary/aromatic N) is 1. The number of rotatable bonds is 3. The zero-order valence-corrected chi connectivity index (χ0v) is 12.3. The topological polar surface area (TPSA) is 81.3 Å². The molecule has 1 aromatic carbocycles. The van der Waals surface area contributed by atoms with Crippen molar-refractivity contribution in [3.63, 3.8) is 0 Å². The summed E-state index contributed by atoms with van der Waals surface area (Å²) in [6.45, 7) is 0. The van der Waals surface area contributed by atoms with E-state index in [9.17, 15) is 9.90 Å². The van der Waals surface area contributed by atoms with Crippen molar-refractivity contribution in [2.75, 3.05) is 7.11 Å². The van der Waals surface area contributed by atoms with Crippen LogP contribution in [0.4, 0.5) is 0 Å². The number of methoxy groups -OCH3 is 1. The number of ether oxygens (including phenoxy) is 1. The maximum Gasteiger partial charge on any atom is 0.382 e. The van der Waals surface area contributed by atoms with Crippen LogP contribution in [0.5, 0.6) is 0 Å². The smallest absolute Gasteiger partial charge is 0.382 e. The number of halogens is 1. The Labute approximate surface area is 130 Å². The summed E-state index contributed by atoms with van der Waals surface area (Å²) in [5.74, 6) is -3.80. The number of benzene rings is 1. The van der Waals surface area contributed by atoms with E-state index in [1.54, 1.807) is 30.3 Å². The van der Waals surface area contributed by atoms with Crippen molar-refractivity contribution in [1.29, 1.82) is 0 Å². The quantitative estimate of drug-likeness (QED) is 0.877. The molecule has 0 saturated carbocycles. The van der Waals surface area contributed by atoms with Crippen LogP contribution in [0.25, 0.3) is 0 Å². The molecule has 0 spiro atoms. The van der Waals surface area contributed by atoms with Crippen LogP contribution in [0.2, 0.25) is 5.22 Å². The third-order valence-corrected chi connectivity index (χ3v) is 3.59. The van der Waals surface area contributed by atoms with Gasteiger partial charge in [-0.1, -0.05) is 35.5 Å². The van der Waals surface area contributed by atoms with Crippen LogP contribution in [-0.2, 0) is 14.4 Å². The molecule has 7 heteroatoms. The molecule has 0 fully saturated rings. The van der Waals surface area contributed by atoms with Gasteiger partial charge >= 0.3 is 11.8 Å². The van der Waals surface area contributed by atoms with Gasteiger partial charge in [-0.25, -0.2) is 4.79 Å². The maximum atomic E-state index is 12.0. The van der Waals surface area contributed by atoms with Gasteiger partial charge in [-0.05, 0) is 29.3 Å². The van der Waals surface area contributed by atoms with Crippen LogP contribution in [0.15, 0.2) is 52.0 Å². The number of oxime groups is 1. The molecular formula is C15H12ClNO5. The number of hydrogen-bond donors (Lipinski definition) is 1. The average Bonchev–Trinajstić information content (AvgIpc) is 3.11. The third-order valence-electron chi connectivity index (χ3n) is 3.38. The Balaban J connectivity index is 2.09. The molecule has 22 heavy (non-hydrogen) atoms. The fraction of sp³-hybridized carbons (Fsp3) is 0.200. The summed E-state index contributed by atoms with van der Waals surface area (Å²) < 4.78 is 9.95. The Morgan fingerprint density at radius 3 is 2.64 bits per heavy atom. The van der Waals surface area contributed by atoms with Crippen LogP contribution in [-0.4, -0.2) is 29.7 Å². The van der Waals surface area contributed by atoms with E-state index in [2.05, 4.69) is 9.89 Å². The molecule has 0 saturated heterocycles. The van der Waals surface area contributed by atoms with E-state index in [1.165, 1.54) is 6.07 Å². The van der Waals surface area contributed by atoms with Crippen molar-refractivity contribution in [1.82, 2.24) is 0 Å². The summed E-state index contributed by atoms with van der Waals surface area (Å²) in [4.78, 5) is 17.0. The number of carbonyl (C=O) groups excluding carboxylic acids is 1. The minimum absolute atomic E-state index is 0.165. The van der Waals surface area contributed by atoms with Crippen LogP contribution < -0.4 is 0 Å². The number of aliphatic hydroxyl groups is 1. The van der Waals surface area contributed by atoms with Crippen molar-refractivity contribution in [3.05, 3.63) is 59.0 Å². The van der Waals surface area contributed by atoms with Crippen molar-refractivity contribution >= 4 is 23.3 Å². The lowest BCUT2D eigenvalue weighted by Crippen LogP contribution is -2.46. The summed E-state index contributed by atoms with van der Waals surface area (Å²) in [5.41, 5.74) is 0.880. The summed E-state index contributed by atoms with van der Waals surface area (Å²) >= 11 is 5.78. The molecule has 1 aromatic heterocycles. The van der Waals surface area contributed by atoms with E-state index < -0.39 is 17.7 Å². The molecule has 1 N–H and O–H groups in total. The first-order valence-electron chi connectivity index (χ1n) is 6.44. The highest BCUT2D eigenvalue weighted by molar-refractivity contribution is 6.29. The van der Waals surface area contributed by atoms with E-state index >= 15 is 0 Å². The standard InChI is InChI=1S/C15H12ClNO5/c1-20-14(18)15(19)12(9-5-3-2-4-6-9)13(17-22-15)10-7-8-11(16)21-10/h2-8,12,19H,1H3. The molecule has 114 valence electrons. The molecule has 1 aliphatic heterocycles. The summed E-state index contributed by atoms with van der Waals surface area (Å²) in [5, 5.41) is 14.6. The summed E-state index contributed by atoms with van der Waals surface area (Å²) in [6.07, 6.45) is 0. The van der Waals surface area contributed by atoms with Crippen molar-refractivity contribution in [3.8, 4) is 0 Å². The normalized spacial score (nSPS) is 23.8. The first kappa shape index (κ1) is 14.6. The van der Waals surface area contributed by atoms with Crippen molar-refractivity contribution < 1.29 is 23.9 Å². The lowest BCUT2D eigenvalue weighted by molar-refractivity contribution is -0.221. The third kappa shape index (κ3) is 2.26. The van der Waals surface area contributed by atoms with Crippen LogP contribution in [0.1, 0.15) is 17.2 Å². The van der Waals surface area contributed by atoms with Gasteiger partial charge in [0.05, 0.1) is 7.11 Å². The van der Waals surface area contributed by atoms with E-state index in [1.807, 2.05) is 6.07 Å². The monoisotopic (exact) mass is 321 g/mol. The van der Waals surface area contributed by atoms with Gasteiger partial charge in [0.1, 0.15) is 11.6 Å². The lowest BCUT2D eigenvalue weighted by atomic mass is 9.86. The highest BCUT2D eigenvalue weighted by Crippen LogP contribution is 2.40. The fourth-order valence-electron chi connectivity index (χ4n) is 2.38. The fourth-order valence-corrected chi connectivity index (χ4v) is 2.53. The number of hydrogen-bond acceptors (Lipinski definition) is 6. The van der Waals surface area contributed by atoms with Crippen LogP contribution in [0, 0.1) is 0 Å². The Kier molecular flexibility index (Phi) is 3.64. The predicted octanol–water partition coefficient (Wildman–Crippen LogP) is 2.31. The number of furan rings is 1. The zero-order valence-electron chi connectivity index (χ0n) is 11.5. The molecular weight excluding hydrogens is 310 g/mol. The molecule has 2 aromatic rings. The minimum atomic E-state index is -2.26. The van der Waals surface area contributed by atoms with Gasteiger partial charge in [0.25, 0.3) is 0 Å². The van der Waals surface area contributed by atoms with Gasteiger partial charge < -0.3 is 19.1 Å². The molecule has 3 rings (SSSR count). The Morgan fingerprint density at radius 1 is 1.32 bits per heavy atom. The molecule has 0 aliphatic carbocycles. The van der Waals surface area contributed by atoms with Gasteiger partial charge in [0.15, 0.2) is 11.0 Å². The highest BCUT2D eigenvalue weighted by atomic mass is 35.5. The van der Waals surface area contributed by atoms with Crippen molar-refractivity contribution in [2.24, 2.45) is 5.16 Å². The number of esters is 1. The van der Waals surface area contributed by atoms with E-state index in [0.29, 0.717) is 11.3 Å². The first-order valence-corrected chi connectivity index (χ1v) is 6.81. The molecule has 2 atom stereocenters. The molecule has 6 nitrogen and oxygen atoms in total. The average molecular weight is 322 g/mol. The van der Waals surface area contributed by atoms with E-state index in [0.717, 1.165) is 7.11 Å². The summed E-state index contributed by atoms with van der Waals surface area (Å²) in [6, 6.07) is 12.0. The van der Waals surface area contributed by atoms with Crippen LogP contribution >= 0.6 is 11.6 Å². The van der Waals surface area contributed by atoms with Crippen LogP contribution in [0.3, 0.4) is 0 Å². The molecule has 0 radical (unpaired) electrons. The minimum Gasteiger partial charge on any atom is -0.464 e. The number of carbonyl (C=O) groups is 1. The second kappa shape index (κ2) is 5.47. The second-order valence-electron chi connectivity index (χ2n) is 4.70. The van der Waals surface area contributed by atoms with Crippen molar-refractivity contribution in [2.45, 2.75) is 11.7 Å². The second-order valence-corrected chi connectivity index (χ2v) is 5.08. The van der Waals surface area contributed by atoms with Gasteiger partial charge in [-0.3, -0.25) is 0 Å². The first-order chi connectivity index (χ1) is 10.6. The zero-order chi connectivity index (χ0) is 15.7. The largest absolute Gasteiger partial charge is 0.464 e. The Morgan fingerprint density at radius 2 is 2.05 bits per heavy atom. The predicted molar refractivity (Wildman–Crippen MR) is 77.5 cm³/mol. The molecule has 0 bridgehead atoms. The Bertz CT molecular complexity index is 727. The van der Waals surface area contributed by atoms with Gasteiger partial charge in [0, 0.05) is 0 Å².